The Morgan fingerprint density at radius 1 is 1.00 bits per heavy atom. The monoisotopic (exact) mass is 426 g/mol. The van der Waals surface area contributed by atoms with Crippen LogP contribution in [0, 0.1) is 18.7 Å². The maximum atomic E-state index is 12.5. The van der Waals surface area contributed by atoms with Crippen molar-refractivity contribution in [3.63, 3.8) is 0 Å². The highest BCUT2D eigenvalue weighted by Gasteiger charge is 2.13. The lowest BCUT2D eigenvalue weighted by Gasteiger charge is -2.19. The summed E-state index contributed by atoms with van der Waals surface area (Å²) < 4.78 is 23.6. The molecule has 2 aliphatic rings. The number of ether oxygens (including phenoxy) is 2. The Kier molecular flexibility index (Phi) is 10.4. The average Bonchev–Trinajstić information content (AvgIpc) is 3.29. The van der Waals surface area contributed by atoms with Gasteiger partial charge < -0.3 is 20.1 Å². The van der Waals surface area contributed by atoms with Gasteiger partial charge in [0, 0.05) is 0 Å². The molecule has 1 amide bonds. The Balaban J connectivity index is 0.000000226. The first kappa shape index (κ1) is 24.2. The van der Waals surface area contributed by atoms with Crippen molar-refractivity contribution in [3.8, 4) is 24.3 Å². The fourth-order valence-electron chi connectivity index (χ4n) is 3.60. The number of carbonyl (C=O) groups excluding carboxylic acids is 1. The maximum absolute atomic E-state index is 12.5. The van der Waals surface area contributed by atoms with Gasteiger partial charge in [0.2, 0.25) is 5.91 Å². The molecule has 0 radical (unpaired) electrons. The van der Waals surface area contributed by atoms with Crippen LogP contribution in [0.2, 0.25) is 0 Å². The molecule has 0 aliphatic carbocycles. The number of nitrogens with two attached hydrogens (primary N) is 1. The maximum Gasteiger partial charge on any atom is 0.221 e. The standard InChI is InChI=1S/C15H21NO2.C8H8FNO.C2H2/c1-2-8-16(7-1)9-3-4-13-5-6-14-15(12-13)18-11-10-17-14;9-7-3-1-2-6(4-7)5-8(10)11;1-2/h5-6,12H,1-4,7-11H2;1-4H,5H2,(H2,10,11);1-2H. The van der Waals surface area contributed by atoms with Crippen molar-refractivity contribution in [2.24, 2.45) is 5.73 Å². The van der Waals surface area contributed by atoms with Gasteiger partial charge in [0.1, 0.15) is 19.0 Å². The molecule has 2 heterocycles. The first-order valence-corrected chi connectivity index (χ1v) is 10.6. The lowest BCUT2D eigenvalue weighted by molar-refractivity contribution is -0.117. The Labute approximate surface area is 184 Å². The average molecular weight is 427 g/mol. The first-order chi connectivity index (χ1) is 15.1. The summed E-state index contributed by atoms with van der Waals surface area (Å²) in [4.78, 5) is 12.9. The number of aryl methyl sites for hydroxylation is 1. The number of halogens is 1. The molecule has 2 aliphatic heterocycles. The van der Waals surface area contributed by atoms with E-state index in [1.165, 1.54) is 56.6 Å². The molecule has 0 unspecified atom stereocenters. The number of terminal acetylenes is 1. The van der Waals surface area contributed by atoms with E-state index in [9.17, 15) is 9.18 Å². The number of hydrogen-bond acceptors (Lipinski definition) is 4. The highest BCUT2D eigenvalue weighted by molar-refractivity contribution is 5.76. The highest BCUT2D eigenvalue weighted by atomic mass is 19.1. The third kappa shape index (κ3) is 8.69. The molecule has 0 saturated carbocycles. The van der Waals surface area contributed by atoms with Crippen molar-refractivity contribution in [3.05, 3.63) is 59.4 Å². The zero-order valence-electron chi connectivity index (χ0n) is 17.9. The van der Waals surface area contributed by atoms with Crippen molar-refractivity contribution < 1.29 is 18.7 Å². The number of likely N-dealkylation sites (tertiary alicyclic amines) is 1. The molecule has 2 N–H and O–H groups in total. The van der Waals surface area contributed by atoms with Crippen molar-refractivity contribution in [1.29, 1.82) is 0 Å². The Morgan fingerprint density at radius 3 is 2.39 bits per heavy atom. The second kappa shape index (κ2) is 13.3. The van der Waals surface area contributed by atoms with E-state index in [4.69, 9.17) is 15.2 Å². The lowest BCUT2D eigenvalue weighted by Crippen LogP contribution is -2.20. The number of benzene rings is 2. The van der Waals surface area contributed by atoms with Crippen LogP contribution in [0.1, 0.15) is 30.4 Å². The van der Waals surface area contributed by atoms with E-state index in [1.54, 1.807) is 12.1 Å². The summed E-state index contributed by atoms with van der Waals surface area (Å²) >= 11 is 0. The second-order valence-electron chi connectivity index (χ2n) is 7.40. The fraction of sp³-hybridized carbons (Fsp3) is 0.400. The number of amides is 1. The summed E-state index contributed by atoms with van der Waals surface area (Å²) in [5.74, 6) is 1.02. The molecule has 31 heavy (non-hydrogen) atoms. The van der Waals surface area contributed by atoms with Gasteiger partial charge in [0.05, 0.1) is 6.42 Å². The van der Waals surface area contributed by atoms with Gasteiger partial charge in [0.25, 0.3) is 0 Å². The topological polar surface area (TPSA) is 64.8 Å². The minimum Gasteiger partial charge on any atom is -0.486 e. The van der Waals surface area contributed by atoms with Gasteiger partial charge in [-0.15, -0.1) is 12.8 Å². The smallest absolute Gasteiger partial charge is 0.221 e. The summed E-state index contributed by atoms with van der Waals surface area (Å²) in [6.07, 6.45) is 13.2. The third-order valence-corrected chi connectivity index (χ3v) is 5.01. The second-order valence-corrected chi connectivity index (χ2v) is 7.40. The number of fused-ring (bicyclic) bond motifs is 1. The van der Waals surface area contributed by atoms with E-state index in [2.05, 4.69) is 29.9 Å². The predicted molar refractivity (Wildman–Crippen MR) is 121 cm³/mol. The zero-order valence-corrected chi connectivity index (χ0v) is 17.9. The van der Waals surface area contributed by atoms with Gasteiger partial charge in [-0.25, -0.2) is 4.39 Å². The quantitative estimate of drug-likeness (QED) is 0.717. The summed E-state index contributed by atoms with van der Waals surface area (Å²) in [5.41, 5.74) is 6.88. The number of nitrogens with zero attached hydrogens (tertiary/aromatic N) is 1. The van der Waals surface area contributed by atoms with Crippen molar-refractivity contribution in [2.45, 2.75) is 32.1 Å². The van der Waals surface area contributed by atoms with Gasteiger partial charge in [-0.3, -0.25) is 4.79 Å². The molecule has 166 valence electrons. The molecule has 0 aromatic heterocycles. The van der Waals surface area contributed by atoms with Gasteiger partial charge in [-0.2, -0.15) is 0 Å². The summed E-state index contributed by atoms with van der Waals surface area (Å²) in [7, 11) is 0. The fourth-order valence-corrected chi connectivity index (χ4v) is 3.60. The van der Waals surface area contributed by atoms with Crippen LogP contribution in [0.15, 0.2) is 42.5 Å². The van der Waals surface area contributed by atoms with Crippen LogP contribution in [0.25, 0.3) is 0 Å². The van der Waals surface area contributed by atoms with Crippen LogP contribution >= 0.6 is 0 Å². The molecule has 1 saturated heterocycles. The van der Waals surface area contributed by atoms with Gasteiger partial charge in [-0.05, 0) is 80.7 Å². The minimum absolute atomic E-state index is 0.0950. The van der Waals surface area contributed by atoms with Crippen LogP contribution < -0.4 is 15.2 Å². The van der Waals surface area contributed by atoms with Crippen molar-refractivity contribution in [1.82, 2.24) is 4.90 Å². The largest absolute Gasteiger partial charge is 0.486 e. The third-order valence-electron chi connectivity index (χ3n) is 5.01. The SMILES string of the molecule is C#C.NC(=O)Cc1cccc(F)c1.c1cc2c(cc1CCCN1CCCC1)OCCO2. The normalized spacial score (nSPS) is 14.5. The molecule has 1 fully saturated rings. The van der Waals surface area contributed by atoms with E-state index in [0.29, 0.717) is 18.8 Å². The molecule has 0 bridgehead atoms. The summed E-state index contributed by atoms with van der Waals surface area (Å²) in [6.45, 7) is 5.16. The first-order valence-electron chi connectivity index (χ1n) is 10.6. The predicted octanol–water partition coefficient (Wildman–Crippen LogP) is 3.59. The Hall–Kier alpha value is -3.04. The lowest BCUT2D eigenvalue weighted by atomic mass is 10.1. The van der Waals surface area contributed by atoms with E-state index < -0.39 is 5.91 Å². The molecule has 4 rings (SSSR count). The van der Waals surface area contributed by atoms with E-state index in [1.807, 2.05) is 6.07 Å². The van der Waals surface area contributed by atoms with E-state index in [0.717, 1.165) is 17.9 Å². The van der Waals surface area contributed by atoms with Gasteiger partial charge >= 0.3 is 0 Å². The molecule has 0 atom stereocenters. The Bertz CT molecular complexity index is 848. The molecule has 2 aromatic rings. The molecule has 6 heteroatoms. The zero-order chi connectivity index (χ0) is 22.5. The highest BCUT2D eigenvalue weighted by Crippen LogP contribution is 2.31. The molecule has 2 aromatic carbocycles. The number of hydrogen-bond donors (Lipinski definition) is 1. The van der Waals surface area contributed by atoms with Crippen molar-refractivity contribution >= 4 is 5.91 Å². The van der Waals surface area contributed by atoms with E-state index >= 15 is 0 Å². The van der Waals surface area contributed by atoms with Crippen LogP contribution in [-0.4, -0.2) is 43.7 Å². The minimum atomic E-state index is -0.449. The molecular weight excluding hydrogens is 395 g/mol. The summed E-state index contributed by atoms with van der Waals surface area (Å²) in [5, 5.41) is 0. The van der Waals surface area contributed by atoms with Gasteiger partial charge in [0.15, 0.2) is 11.5 Å². The number of rotatable bonds is 6. The van der Waals surface area contributed by atoms with Gasteiger partial charge in [-0.1, -0.05) is 18.2 Å². The summed E-state index contributed by atoms with van der Waals surface area (Å²) in [6, 6.07) is 12.2. The molecular formula is C25H31FN2O3. The van der Waals surface area contributed by atoms with Crippen molar-refractivity contribution in [2.75, 3.05) is 32.8 Å². The number of carbonyl (C=O) groups is 1. The van der Waals surface area contributed by atoms with Crippen LogP contribution in [0.4, 0.5) is 4.39 Å². The van der Waals surface area contributed by atoms with Crippen LogP contribution in [0.3, 0.4) is 0 Å². The number of primary amides is 1. The Morgan fingerprint density at radius 2 is 1.71 bits per heavy atom. The molecule has 5 nitrogen and oxygen atoms in total. The molecule has 0 spiro atoms. The van der Waals surface area contributed by atoms with Crippen LogP contribution in [-0.2, 0) is 17.6 Å². The van der Waals surface area contributed by atoms with Crippen LogP contribution in [0.5, 0.6) is 11.5 Å². The van der Waals surface area contributed by atoms with E-state index in [-0.39, 0.29) is 12.2 Å².